The molecular weight excluding hydrogens is 381 g/mol. The Morgan fingerprint density at radius 1 is 1.29 bits per heavy atom. The molecule has 0 unspecified atom stereocenters. The van der Waals surface area contributed by atoms with Gasteiger partial charge in [0.25, 0.3) is 5.91 Å². The highest BCUT2D eigenvalue weighted by molar-refractivity contribution is 6.33. The van der Waals surface area contributed by atoms with Crippen LogP contribution in [0.2, 0.25) is 5.02 Å². The van der Waals surface area contributed by atoms with Crippen LogP contribution in [-0.2, 0) is 7.05 Å². The van der Waals surface area contributed by atoms with Gasteiger partial charge in [0.15, 0.2) is 0 Å². The third kappa shape index (κ3) is 3.67. The molecule has 0 atom stereocenters. The Morgan fingerprint density at radius 2 is 2.07 bits per heavy atom. The van der Waals surface area contributed by atoms with Crippen molar-refractivity contribution in [2.45, 2.75) is 38.1 Å². The van der Waals surface area contributed by atoms with Gasteiger partial charge in [-0.3, -0.25) is 4.79 Å². The quantitative estimate of drug-likeness (QED) is 0.671. The molecule has 0 spiro atoms. The summed E-state index contributed by atoms with van der Waals surface area (Å²) in [4.78, 5) is 21.3. The van der Waals surface area contributed by atoms with Gasteiger partial charge in [0.2, 0.25) is 5.95 Å². The summed E-state index contributed by atoms with van der Waals surface area (Å²) in [6, 6.07) is 6.33. The maximum Gasteiger partial charge on any atom is 0.270 e. The first-order valence-corrected chi connectivity index (χ1v) is 9.75. The van der Waals surface area contributed by atoms with E-state index < -0.39 is 5.82 Å². The molecule has 6 nitrogen and oxygen atoms in total. The van der Waals surface area contributed by atoms with Crippen LogP contribution >= 0.6 is 11.6 Å². The molecule has 1 saturated carbocycles. The van der Waals surface area contributed by atoms with Gasteiger partial charge in [0.05, 0.1) is 27.9 Å². The predicted octanol–water partition coefficient (Wildman–Crippen LogP) is 4.57. The van der Waals surface area contributed by atoms with E-state index in [4.69, 9.17) is 11.6 Å². The van der Waals surface area contributed by atoms with E-state index in [-0.39, 0.29) is 22.7 Å². The number of aryl methyl sites for hydroxylation is 1. The Labute approximate surface area is 167 Å². The first-order valence-electron chi connectivity index (χ1n) is 9.37. The molecule has 0 aliphatic heterocycles. The average molecular weight is 402 g/mol. The van der Waals surface area contributed by atoms with Crippen LogP contribution < -0.4 is 10.6 Å². The number of pyridine rings is 1. The first-order chi connectivity index (χ1) is 13.5. The Bertz CT molecular complexity index is 1010. The van der Waals surface area contributed by atoms with Crippen molar-refractivity contribution in [1.82, 2.24) is 19.9 Å². The molecule has 28 heavy (non-hydrogen) atoms. The second-order valence-corrected chi connectivity index (χ2v) is 7.49. The summed E-state index contributed by atoms with van der Waals surface area (Å²) in [5.41, 5.74) is 1.81. The van der Waals surface area contributed by atoms with Crippen molar-refractivity contribution >= 4 is 40.2 Å². The highest BCUT2D eigenvalue weighted by Gasteiger charge is 2.19. The van der Waals surface area contributed by atoms with Crippen LogP contribution in [0.25, 0.3) is 11.0 Å². The molecule has 3 aromatic rings. The molecule has 0 radical (unpaired) electrons. The summed E-state index contributed by atoms with van der Waals surface area (Å²) in [5, 5.41) is 6.25. The summed E-state index contributed by atoms with van der Waals surface area (Å²) < 4.78 is 15.8. The van der Waals surface area contributed by atoms with Crippen LogP contribution in [0.4, 0.5) is 16.0 Å². The number of anilines is 2. The van der Waals surface area contributed by atoms with E-state index in [2.05, 4.69) is 20.6 Å². The zero-order valence-corrected chi connectivity index (χ0v) is 16.3. The molecule has 2 heterocycles. The lowest BCUT2D eigenvalue weighted by molar-refractivity contribution is 0.0923. The van der Waals surface area contributed by atoms with Gasteiger partial charge in [0.1, 0.15) is 11.5 Å². The van der Waals surface area contributed by atoms with Gasteiger partial charge in [0, 0.05) is 13.1 Å². The third-order valence-electron chi connectivity index (χ3n) is 5.14. The van der Waals surface area contributed by atoms with Gasteiger partial charge in [-0.1, -0.05) is 36.9 Å². The fourth-order valence-corrected chi connectivity index (χ4v) is 3.77. The van der Waals surface area contributed by atoms with Crippen molar-refractivity contribution < 1.29 is 9.18 Å². The SMILES string of the molecule is Cn1c(Nc2c(F)cccc2Cl)nc2cc(C(=O)NC3CCCCC3)ncc21. The predicted molar refractivity (Wildman–Crippen MR) is 108 cm³/mol. The lowest BCUT2D eigenvalue weighted by Crippen LogP contribution is -2.36. The third-order valence-corrected chi connectivity index (χ3v) is 5.45. The zero-order valence-electron chi connectivity index (χ0n) is 15.5. The standard InChI is InChI=1S/C20H21ClFN5O/c1-27-17-11-23-16(19(28)24-12-6-3-2-4-7-12)10-15(17)25-20(27)26-18-13(21)8-5-9-14(18)22/h5,8-12H,2-4,6-7H2,1H3,(H,24,28)(H,25,26). The van der Waals surface area contributed by atoms with Gasteiger partial charge >= 0.3 is 0 Å². The number of hydrogen-bond donors (Lipinski definition) is 2. The van der Waals surface area contributed by atoms with Gasteiger partial charge < -0.3 is 15.2 Å². The van der Waals surface area contributed by atoms with Crippen LogP contribution in [0.15, 0.2) is 30.5 Å². The van der Waals surface area contributed by atoms with Gasteiger partial charge in [-0.2, -0.15) is 0 Å². The van der Waals surface area contributed by atoms with Crippen molar-refractivity contribution in [1.29, 1.82) is 0 Å². The van der Waals surface area contributed by atoms with Crippen molar-refractivity contribution in [3.63, 3.8) is 0 Å². The van der Waals surface area contributed by atoms with E-state index >= 15 is 0 Å². The van der Waals surface area contributed by atoms with Crippen LogP contribution in [-0.4, -0.2) is 26.5 Å². The first kappa shape index (κ1) is 18.7. The van der Waals surface area contributed by atoms with Gasteiger partial charge in [-0.15, -0.1) is 0 Å². The number of amides is 1. The Morgan fingerprint density at radius 3 is 2.82 bits per heavy atom. The monoisotopic (exact) mass is 401 g/mol. The number of hydrogen-bond acceptors (Lipinski definition) is 4. The number of fused-ring (bicyclic) bond motifs is 1. The van der Waals surface area contributed by atoms with E-state index in [1.165, 1.54) is 12.5 Å². The Kier molecular flexibility index (Phi) is 5.17. The lowest BCUT2D eigenvalue weighted by atomic mass is 9.95. The Hall–Kier alpha value is -2.67. The average Bonchev–Trinajstić information content (AvgIpc) is 3.00. The lowest BCUT2D eigenvalue weighted by Gasteiger charge is -2.22. The molecule has 1 aromatic carbocycles. The van der Waals surface area contributed by atoms with Crippen molar-refractivity contribution in [2.75, 3.05) is 5.32 Å². The number of carbonyl (C=O) groups is 1. The maximum absolute atomic E-state index is 14.1. The minimum atomic E-state index is -0.467. The Balaban J connectivity index is 1.59. The minimum Gasteiger partial charge on any atom is -0.348 e. The summed E-state index contributed by atoms with van der Waals surface area (Å²) in [6.45, 7) is 0. The number of aromatic nitrogens is 3. The largest absolute Gasteiger partial charge is 0.348 e. The molecule has 1 aliphatic rings. The summed E-state index contributed by atoms with van der Waals surface area (Å²) in [7, 11) is 1.79. The van der Waals surface area contributed by atoms with Crippen molar-refractivity contribution in [3.05, 3.63) is 47.0 Å². The van der Waals surface area contributed by atoms with E-state index in [0.29, 0.717) is 17.2 Å². The second kappa shape index (κ2) is 7.75. The minimum absolute atomic E-state index is 0.158. The van der Waals surface area contributed by atoms with E-state index in [1.54, 1.807) is 36.0 Å². The van der Waals surface area contributed by atoms with Crippen LogP contribution in [0.1, 0.15) is 42.6 Å². The molecule has 1 aliphatic carbocycles. The number of para-hydroxylation sites is 1. The zero-order chi connectivity index (χ0) is 19.7. The molecule has 146 valence electrons. The highest BCUT2D eigenvalue weighted by atomic mass is 35.5. The van der Waals surface area contributed by atoms with Crippen LogP contribution in [0.5, 0.6) is 0 Å². The van der Waals surface area contributed by atoms with Gasteiger partial charge in [-0.05, 0) is 31.0 Å². The second-order valence-electron chi connectivity index (χ2n) is 7.08. The smallest absolute Gasteiger partial charge is 0.270 e. The molecule has 0 saturated heterocycles. The van der Waals surface area contributed by atoms with E-state index in [0.717, 1.165) is 31.2 Å². The molecule has 8 heteroatoms. The summed E-state index contributed by atoms with van der Waals surface area (Å²) in [5.74, 6) is -0.245. The summed E-state index contributed by atoms with van der Waals surface area (Å²) >= 11 is 6.09. The topological polar surface area (TPSA) is 71.8 Å². The fraction of sp³-hybridized carbons (Fsp3) is 0.350. The fourth-order valence-electron chi connectivity index (χ4n) is 3.56. The van der Waals surface area contributed by atoms with Crippen LogP contribution in [0, 0.1) is 5.82 Å². The van der Waals surface area contributed by atoms with E-state index in [9.17, 15) is 9.18 Å². The number of nitrogens with one attached hydrogen (secondary N) is 2. The van der Waals surface area contributed by atoms with Crippen molar-refractivity contribution in [2.24, 2.45) is 7.05 Å². The maximum atomic E-state index is 14.1. The molecule has 4 rings (SSSR count). The number of imidazole rings is 1. The molecule has 1 amide bonds. The number of nitrogens with zero attached hydrogens (tertiary/aromatic N) is 3. The normalized spacial score (nSPS) is 15.0. The number of carbonyl (C=O) groups excluding carboxylic acids is 1. The molecule has 2 N–H and O–H groups in total. The van der Waals surface area contributed by atoms with Crippen LogP contribution in [0.3, 0.4) is 0 Å². The molecule has 1 fully saturated rings. The highest BCUT2D eigenvalue weighted by Crippen LogP contribution is 2.29. The molecular formula is C20H21ClFN5O. The van der Waals surface area contributed by atoms with E-state index in [1.807, 2.05) is 0 Å². The number of rotatable bonds is 4. The molecule has 0 bridgehead atoms. The van der Waals surface area contributed by atoms with Gasteiger partial charge in [-0.25, -0.2) is 14.4 Å². The summed E-state index contributed by atoms with van der Waals surface area (Å²) in [6.07, 6.45) is 7.14. The number of halogens is 2. The number of benzene rings is 1. The van der Waals surface area contributed by atoms with Crippen molar-refractivity contribution in [3.8, 4) is 0 Å². The molecule has 2 aromatic heterocycles.